The van der Waals surface area contributed by atoms with Gasteiger partial charge in [0.25, 0.3) is 0 Å². The number of nitrogens with zero attached hydrogens (tertiary/aromatic N) is 1. The topological polar surface area (TPSA) is 40.5 Å². The molecule has 2 atom stereocenters. The molecule has 0 saturated carbocycles. The average molecular weight is 283 g/mol. The molecule has 1 amide bonds. The minimum Gasteiger partial charge on any atom is -0.391 e. The molecule has 0 spiro atoms. The van der Waals surface area contributed by atoms with Crippen LogP contribution in [-0.2, 0) is 11.2 Å². The predicted molar refractivity (Wildman–Crippen MR) is 71.0 cm³/mol. The number of benzene rings is 1. The first-order valence-electron chi connectivity index (χ1n) is 6.87. The van der Waals surface area contributed by atoms with Crippen molar-refractivity contribution in [1.82, 2.24) is 4.90 Å². The molecule has 0 radical (unpaired) electrons. The molecule has 1 aromatic rings. The molecule has 1 aliphatic heterocycles. The molecule has 1 fully saturated rings. The highest BCUT2D eigenvalue weighted by atomic mass is 19.1. The predicted octanol–water partition coefficient (Wildman–Crippen LogP) is 2.13. The molecule has 1 saturated heterocycles. The van der Waals surface area contributed by atoms with Crippen molar-refractivity contribution in [2.24, 2.45) is 5.92 Å². The standard InChI is InChI=1S/C15H19F2NO2/c1-10-6-7-18(9-14(10)19)15(20)5-2-11-8-12(16)3-4-13(11)17/h3-4,8,10,14,19H,2,5-7,9H2,1H3. The van der Waals surface area contributed by atoms with Gasteiger partial charge in [-0.05, 0) is 42.5 Å². The van der Waals surface area contributed by atoms with Gasteiger partial charge in [-0.2, -0.15) is 0 Å². The summed E-state index contributed by atoms with van der Waals surface area (Å²) >= 11 is 0. The largest absolute Gasteiger partial charge is 0.391 e. The summed E-state index contributed by atoms with van der Waals surface area (Å²) in [6, 6.07) is 3.25. The summed E-state index contributed by atoms with van der Waals surface area (Å²) < 4.78 is 26.5. The number of carbonyl (C=O) groups is 1. The van der Waals surface area contributed by atoms with Crippen molar-refractivity contribution in [3.8, 4) is 0 Å². The van der Waals surface area contributed by atoms with Crippen molar-refractivity contribution in [1.29, 1.82) is 0 Å². The number of aliphatic hydroxyl groups excluding tert-OH is 1. The van der Waals surface area contributed by atoms with Crippen LogP contribution >= 0.6 is 0 Å². The maximum Gasteiger partial charge on any atom is 0.222 e. The number of piperidine rings is 1. The van der Waals surface area contributed by atoms with Crippen LogP contribution in [-0.4, -0.2) is 35.1 Å². The Bertz CT molecular complexity index is 493. The summed E-state index contributed by atoms with van der Waals surface area (Å²) in [4.78, 5) is 13.6. The van der Waals surface area contributed by atoms with Crippen LogP contribution in [0.5, 0.6) is 0 Å². The van der Waals surface area contributed by atoms with Crippen molar-refractivity contribution in [2.45, 2.75) is 32.3 Å². The lowest BCUT2D eigenvalue weighted by Gasteiger charge is -2.34. The number of likely N-dealkylation sites (tertiary alicyclic amines) is 1. The van der Waals surface area contributed by atoms with E-state index in [1.807, 2.05) is 6.92 Å². The first-order chi connectivity index (χ1) is 9.47. The highest BCUT2D eigenvalue weighted by Gasteiger charge is 2.27. The zero-order valence-electron chi connectivity index (χ0n) is 11.5. The quantitative estimate of drug-likeness (QED) is 0.923. The van der Waals surface area contributed by atoms with Crippen LogP contribution in [0.2, 0.25) is 0 Å². The van der Waals surface area contributed by atoms with Gasteiger partial charge in [0, 0.05) is 19.5 Å². The second kappa shape index (κ2) is 6.31. The van der Waals surface area contributed by atoms with Crippen LogP contribution < -0.4 is 0 Å². The van der Waals surface area contributed by atoms with E-state index < -0.39 is 17.7 Å². The van der Waals surface area contributed by atoms with Crippen molar-refractivity contribution in [3.05, 3.63) is 35.4 Å². The summed E-state index contributed by atoms with van der Waals surface area (Å²) in [6.07, 6.45) is 0.561. The molecule has 0 bridgehead atoms. The van der Waals surface area contributed by atoms with E-state index in [9.17, 15) is 18.7 Å². The van der Waals surface area contributed by atoms with Gasteiger partial charge >= 0.3 is 0 Å². The van der Waals surface area contributed by atoms with Crippen LogP contribution in [0.4, 0.5) is 8.78 Å². The summed E-state index contributed by atoms with van der Waals surface area (Å²) in [5.41, 5.74) is 0.212. The summed E-state index contributed by atoms with van der Waals surface area (Å²) in [7, 11) is 0. The van der Waals surface area contributed by atoms with E-state index in [-0.39, 0.29) is 30.2 Å². The summed E-state index contributed by atoms with van der Waals surface area (Å²) in [5.74, 6) is -0.929. The second-order valence-corrected chi connectivity index (χ2v) is 5.41. The molecule has 5 heteroatoms. The van der Waals surface area contributed by atoms with Crippen LogP contribution in [0.3, 0.4) is 0 Å². The van der Waals surface area contributed by atoms with Crippen molar-refractivity contribution < 1.29 is 18.7 Å². The molecule has 3 nitrogen and oxygen atoms in total. The van der Waals surface area contributed by atoms with Crippen LogP contribution in [0.1, 0.15) is 25.3 Å². The Kier molecular flexibility index (Phi) is 4.70. The van der Waals surface area contributed by atoms with E-state index in [0.29, 0.717) is 13.1 Å². The fraction of sp³-hybridized carbons (Fsp3) is 0.533. The normalized spacial score (nSPS) is 22.9. The maximum absolute atomic E-state index is 13.4. The zero-order chi connectivity index (χ0) is 14.7. The van der Waals surface area contributed by atoms with E-state index in [1.165, 1.54) is 0 Å². The Morgan fingerprint density at radius 1 is 1.45 bits per heavy atom. The van der Waals surface area contributed by atoms with E-state index >= 15 is 0 Å². The summed E-state index contributed by atoms with van der Waals surface area (Å²) in [6.45, 7) is 2.89. The minimum atomic E-state index is -0.504. The molecule has 2 unspecified atom stereocenters. The number of rotatable bonds is 3. The third kappa shape index (κ3) is 3.54. The molecule has 110 valence electrons. The number of β-amino-alcohol motifs (C(OH)–C–C–N with tert-alkyl or cyclic N) is 1. The molecule has 0 aliphatic carbocycles. The third-order valence-corrected chi connectivity index (χ3v) is 3.89. The Balaban J connectivity index is 1.90. The number of aryl methyl sites for hydroxylation is 1. The number of amides is 1. The molecular formula is C15H19F2NO2. The van der Waals surface area contributed by atoms with Crippen molar-refractivity contribution in [2.75, 3.05) is 13.1 Å². The van der Waals surface area contributed by atoms with Gasteiger partial charge in [0.2, 0.25) is 5.91 Å². The first kappa shape index (κ1) is 14.9. The smallest absolute Gasteiger partial charge is 0.222 e. The van der Waals surface area contributed by atoms with Gasteiger partial charge < -0.3 is 10.0 Å². The van der Waals surface area contributed by atoms with E-state index in [0.717, 1.165) is 24.6 Å². The van der Waals surface area contributed by atoms with Crippen molar-refractivity contribution in [3.63, 3.8) is 0 Å². The zero-order valence-corrected chi connectivity index (χ0v) is 11.5. The van der Waals surface area contributed by atoms with Gasteiger partial charge in [0.15, 0.2) is 0 Å². The molecule has 1 aromatic carbocycles. The van der Waals surface area contributed by atoms with Gasteiger partial charge in [-0.3, -0.25) is 4.79 Å². The van der Waals surface area contributed by atoms with E-state index in [4.69, 9.17) is 0 Å². The molecule has 2 rings (SSSR count). The Hall–Kier alpha value is -1.49. The van der Waals surface area contributed by atoms with Crippen LogP contribution in [0.25, 0.3) is 0 Å². The lowest BCUT2D eigenvalue weighted by Crippen LogP contribution is -2.45. The van der Waals surface area contributed by atoms with Gasteiger partial charge in [0.1, 0.15) is 11.6 Å². The second-order valence-electron chi connectivity index (χ2n) is 5.41. The number of hydrogen-bond acceptors (Lipinski definition) is 2. The molecule has 1 aliphatic rings. The monoisotopic (exact) mass is 283 g/mol. The SMILES string of the molecule is CC1CCN(C(=O)CCc2cc(F)ccc2F)CC1O. The van der Waals surface area contributed by atoms with E-state index in [1.54, 1.807) is 4.90 Å². The Morgan fingerprint density at radius 2 is 2.20 bits per heavy atom. The Labute approximate surface area is 117 Å². The van der Waals surface area contributed by atoms with Gasteiger partial charge in [-0.25, -0.2) is 8.78 Å². The van der Waals surface area contributed by atoms with Crippen molar-refractivity contribution >= 4 is 5.91 Å². The number of carbonyl (C=O) groups excluding carboxylic acids is 1. The molecule has 1 heterocycles. The third-order valence-electron chi connectivity index (χ3n) is 3.89. The lowest BCUT2D eigenvalue weighted by atomic mass is 9.95. The number of aliphatic hydroxyl groups is 1. The summed E-state index contributed by atoms with van der Waals surface area (Å²) in [5, 5.41) is 9.76. The molecular weight excluding hydrogens is 264 g/mol. The lowest BCUT2D eigenvalue weighted by molar-refractivity contribution is -0.135. The highest BCUT2D eigenvalue weighted by molar-refractivity contribution is 5.76. The average Bonchev–Trinajstić information content (AvgIpc) is 2.42. The highest BCUT2D eigenvalue weighted by Crippen LogP contribution is 2.18. The fourth-order valence-electron chi connectivity index (χ4n) is 2.41. The van der Waals surface area contributed by atoms with Gasteiger partial charge in [-0.15, -0.1) is 0 Å². The fourth-order valence-corrected chi connectivity index (χ4v) is 2.41. The van der Waals surface area contributed by atoms with E-state index in [2.05, 4.69) is 0 Å². The molecule has 0 aromatic heterocycles. The van der Waals surface area contributed by atoms with Gasteiger partial charge in [-0.1, -0.05) is 6.92 Å². The number of halogens is 2. The Morgan fingerprint density at radius 3 is 2.90 bits per heavy atom. The van der Waals surface area contributed by atoms with Crippen LogP contribution in [0.15, 0.2) is 18.2 Å². The number of hydrogen-bond donors (Lipinski definition) is 1. The molecule has 1 N–H and O–H groups in total. The molecule has 20 heavy (non-hydrogen) atoms. The van der Waals surface area contributed by atoms with Gasteiger partial charge in [0.05, 0.1) is 6.10 Å². The first-order valence-corrected chi connectivity index (χ1v) is 6.87. The minimum absolute atomic E-state index is 0.125. The maximum atomic E-state index is 13.4. The van der Waals surface area contributed by atoms with Crippen LogP contribution in [0, 0.1) is 17.6 Å².